The third-order valence-corrected chi connectivity index (χ3v) is 6.73. The van der Waals surface area contributed by atoms with E-state index < -0.39 is 0 Å². The molecule has 2 aliphatic rings. The van der Waals surface area contributed by atoms with Gasteiger partial charge in [0.25, 0.3) is 0 Å². The minimum absolute atomic E-state index is 0.161. The number of nitrogens with one attached hydrogen (secondary N) is 1. The smallest absolute Gasteiger partial charge is 0.234 e. The molecule has 140 valence electrons. The van der Waals surface area contributed by atoms with Crippen molar-refractivity contribution in [2.45, 2.75) is 52.0 Å². The maximum Gasteiger partial charge on any atom is 0.234 e. The third-order valence-electron chi connectivity index (χ3n) is 5.70. The maximum atomic E-state index is 12.3. The zero-order chi connectivity index (χ0) is 17.5. The van der Waals surface area contributed by atoms with Crippen LogP contribution in [-0.4, -0.2) is 55.0 Å². The number of hydrogen-bond donors (Lipinski definition) is 1. The molecule has 1 N–H and O–H groups in total. The standard InChI is InChI=1S/C20H33N3OS/c1-17-8-13-25-19(17)14-21-20(24)16-23-10-5-9-22(11-12-23)15-18-6-3-2-4-7-18/h8,13,18H,2-7,9-12,14-16H2,1H3,(H,21,24). The molecule has 1 aromatic rings. The number of aryl methyl sites for hydroxylation is 1. The Hall–Kier alpha value is -0.910. The summed E-state index contributed by atoms with van der Waals surface area (Å²) in [4.78, 5) is 18.5. The number of hydrogen-bond acceptors (Lipinski definition) is 4. The molecule has 1 saturated carbocycles. The Bertz CT molecular complexity index is 539. The fourth-order valence-electron chi connectivity index (χ4n) is 4.12. The summed E-state index contributed by atoms with van der Waals surface area (Å²) in [5.74, 6) is 1.08. The highest BCUT2D eigenvalue weighted by atomic mass is 32.1. The van der Waals surface area contributed by atoms with Crippen molar-refractivity contribution in [1.82, 2.24) is 15.1 Å². The lowest BCUT2D eigenvalue weighted by molar-refractivity contribution is -0.122. The number of amides is 1. The minimum Gasteiger partial charge on any atom is -0.350 e. The highest BCUT2D eigenvalue weighted by molar-refractivity contribution is 7.10. The van der Waals surface area contributed by atoms with Crippen LogP contribution >= 0.6 is 11.3 Å². The molecule has 0 spiro atoms. The molecule has 3 rings (SSSR count). The molecule has 0 radical (unpaired) electrons. The van der Waals surface area contributed by atoms with Crippen molar-refractivity contribution >= 4 is 17.2 Å². The lowest BCUT2D eigenvalue weighted by Crippen LogP contribution is -2.39. The van der Waals surface area contributed by atoms with E-state index in [9.17, 15) is 4.79 Å². The van der Waals surface area contributed by atoms with Crippen LogP contribution in [-0.2, 0) is 11.3 Å². The predicted molar refractivity (Wildman–Crippen MR) is 105 cm³/mol. The van der Waals surface area contributed by atoms with Gasteiger partial charge < -0.3 is 10.2 Å². The first-order valence-electron chi connectivity index (χ1n) is 9.95. The van der Waals surface area contributed by atoms with Gasteiger partial charge in [-0.3, -0.25) is 9.69 Å². The van der Waals surface area contributed by atoms with Crippen molar-refractivity contribution in [3.63, 3.8) is 0 Å². The van der Waals surface area contributed by atoms with Crippen molar-refractivity contribution in [3.8, 4) is 0 Å². The van der Waals surface area contributed by atoms with Gasteiger partial charge in [-0.15, -0.1) is 11.3 Å². The Labute approximate surface area is 156 Å². The maximum absolute atomic E-state index is 12.3. The molecule has 5 heteroatoms. The van der Waals surface area contributed by atoms with Gasteiger partial charge in [-0.25, -0.2) is 0 Å². The van der Waals surface area contributed by atoms with Crippen LogP contribution in [0.3, 0.4) is 0 Å². The van der Waals surface area contributed by atoms with E-state index in [-0.39, 0.29) is 5.91 Å². The van der Waals surface area contributed by atoms with Crippen molar-refractivity contribution in [3.05, 3.63) is 21.9 Å². The number of rotatable bonds is 6. The summed E-state index contributed by atoms with van der Waals surface area (Å²) < 4.78 is 0. The SMILES string of the molecule is Cc1ccsc1CNC(=O)CN1CCCN(CC2CCCCC2)CC1. The quantitative estimate of drug-likeness (QED) is 0.843. The molecule has 1 aromatic heterocycles. The molecule has 4 nitrogen and oxygen atoms in total. The molecular weight excluding hydrogens is 330 g/mol. The average Bonchev–Trinajstić information content (AvgIpc) is 2.90. The molecule has 0 aromatic carbocycles. The summed E-state index contributed by atoms with van der Waals surface area (Å²) in [7, 11) is 0. The Balaban J connectivity index is 1.37. The van der Waals surface area contributed by atoms with E-state index in [0.29, 0.717) is 13.1 Å². The molecule has 1 aliphatic carbocycles. The van der Waals surface area contributed by atoms with Gasteiger partial charge >= 0.3 is 0 Å². The van der Waals surface area contributed by atoms with E-state index in [1.165, 1.54) is 62.1 Å². The third kappa shape index (κ3) is 6.08. The first-order chi connectivity index (χ1) is 12.2. The van der Waals surface area contributed by atoms with Gasteiger partial charge in [-0.1, -0.05) is 19.3 Å². The molecule has 25 heavy (non-hydrogen) atoms. The van der Waals surface area contributed by atoms with E-state index in [4.69, 9.17) is 0 Å². The van der Waals surface area contributed by atoms with Crippen LogP contribution in [0, 0.1) is 12.8 Å². The monoisotopic (exact) mass is 363 g/mol. The first kappa shape index (κ1) is 18.9. The van der Waals surface area contributed by atoms with Crippen LogP contribution in [0.2, 0.25) is 0 Å². The summed E-state index contributed by atoms with van der Waals surface area (Å²) in [6.45, 7) is 8.98. The lowest BCUT2D eigenvalue weighted by Gasteiger charge is -2.28. The summed E-state index contributed by atoms with van der Waals surface area (Å²) in [6, 6.07) is 2.11. The molecule has 0 unspecified atom stereocenters. The number of carbonyl (C=O) groups excluding carboxylic acids is 1. The Morgan fingerprint density at radius 1 is 1.12 bits per heavy atom. The lowest BCUT2D eigenvalue weighted by atomic mass is 9.89. The van der Waals surface area contributed by atoms with E-state index >= 15 is 0 Å². The van der Waals surface area contributed by atoms with Gasteiger partial charge in [0, 0.05) is 24.5 Å². The van der Waals surface area contributed by atoms with Crippen molar-refractivity contribution < 1.29 is 4.79 Å². The van der Waals surface area contributed by atoms with Crippen molar-refractivity contribution in [1.29, 1.82) is 0 Å². The first-order valence-corrected chi connectivity index (χ1v) is 10.8. The fraction of sp³-hybridized carbons (Fsp3) is 0.750. The van der Waals surface area contributed by atoms with Gasteiger partial charge in [0.05, 0.1) is 13.1 Å². The summed E-state index contributed by atoms with van der Waals surface area (Å²) in [5, 5.41) is 5.18. The molecule has 1 aliphatic heterocycles. The summed E-state index contributed by atoms with van der Waals surface area (Å²) >= 11 is 1.72. The molecule has 0 bridgehead atoms. The van der Waals surface area contributed by atoms with Crippen LogP contribution in [0.25, 0.3) is 0 Å². The zero-order valence-corrected chi connectivity index (χ0v) is 16.5. The highest BCUT2D eigenvalue weighted by Crippen LogP contribution is 2.24. The van der Waals surface area contributed by atoms with Gasteiger partial charge in [-0.05, 0) is 62.2 Å². The topological polar surface area (TPSA) is 35.6 Å². The van der Waals surface area contributed by atoms with Gasteiger partial charge in [0.15, 0.2) is 0 Å². The minimum atomic E-state index is 0.161. The largest absolute Gasteiger partial charge is 0.350 e. The Morgan fingerprint density at radius 2 is 1.88 bits per heavy atom. The van der Waals surface area contributed by atoms with Crippen LogP contribution < -0.4 is 5.32 Å². The second-order valence-electron chi connectivity index (χ2n) is 7.74. The molecule has 2 heterocycles. The second kappa shape index (κ2) is 9.70. The molecule has 0 atom stereocenters. The van der Waals surface area contributed by atoms with Crippen LogP contribution in [0.4, 0.5) is 0 Å². The van der Waals surface area contributed by atoms with E-state index in [0.717, 1.165) is 25.6 Å². The van der Waals surface area contributed by atoms with Crippen molar-refractivity contribution in [2.24, 2.45) is 5.92 Å². The van der Waals surface area contributed by atoms with Crippen LogP contribution in [0.5, 0.6) is 0 Å². The fourth-order valence-corrected chi connectivity index (χ4v) is 4.97. The van der Waals surface area contributed by atoms with E-state index in [1.807, 2.05) is 0 Å². The van der Waals surface area contributed by atoms with Crippen LogP contribution in [0.1, 0.15) is 49.0 Å². The van der Waals surface area contributed by atoms with Crippen molar-refractivity contribution in [2.75, 3.05) is 39.3 Å². The Kier molecular flexibility index (Phi) is 7.32. The zero-order valence-electron chi connectivity index (χ0n) is 15.6. The van der Waals surface area contributed by atoms with Gasteiger partial charge in [0.2, 0.25) is 5.91 Å². The highest BCUT2D eigenvalue weighted by Gasteiger charge is 2.21. The average molecular weight is 364 g/mol. The molecular formula is C20H33N3OS. The van der Waals surface area contributed by atoms with E-state index in [2.05, 4.69) is 33.5 Å². The summed E-state index contributed by atoms with van der Waals surface area (Å²) in [5.41, 5.74) is 1.28. The summed E-state index contributed by atoms with van der Waals surface area (Å²) in [6.07, 6.45) is 8.31. The van der Waals surface area contributed by atoms with Gasteiger partial charge in [-0.2, -0.15) is 0 Å². The number of nitrogens with zero attached hydrogens (tertiary/aromatic N) is 2. The normalized spacial score (nSPS) is 21.2. The second-order valence-corrected chi connectivity index (χ2v) is 8.74. The van der Waals surface area contributed by atoms with E-state index in [1.54, 1.807) is 11.3 Å². The Morgan fingerprint density at radius 3 is 2.64 bits per heavy atom. The number of carbonyl (C=O) groups is 1. The number of thiophene rings is 1. The molecule has 1 amide bonds. The molecule has 2 fully saturated rings. The molecule has 1 saturated heterocycles. The van der Waals surface area contributed by atoms with Crippen LogP contribution in [0.15, 0.2) is 11.4 Å². The predicted octanol–water partition coefficient (Wildman–Crippen LogP) is 3.26. The van der Waals surface area contributed by atoms with Gasteiger partial charge in [0.1, 0.15) is 0 Å².